The minimum Gasteiger partial charge on any atom is -0.484 e. The van der Waals surface area contributed by atoms with E-state index in [-0.39, 0.29) is 30.2 Å². The van der Waals surface area contributed by atoms with E-state index in [1.165, 1.54) is 12.1 Å². The van der Waals surface area contributed by atoms with Crippen LogP contribution >= 0.6 is 44.3 Å². The number of hydroxylamine groups is 3. The van der Waals surface area contributed by atoms with Gasteiger partial charge in [0.25, 0.3) is 0 Å². The molecule has 4 N–H and O–H groups in total. The molecule has 5 atom stereocenters. The lowest BCUT2D eigenvalue weighted by Crippen LogP contribution is -2.54. The Morgan fingerprint density at radius 3 is 2.15 bits per heavy atom. The molecule has 0 radical (unpaired) electrons. The molecule has 0 saturated carbocycles. The lowest BCUT2D eigenvalue weighted by Gasteiger charge is -2.47. The molecule has 5 heterocycles. The zero-order valence-electron chi connectivity index (χ0n) is 26.8. The summed E-state index contributed by atoms with van der Waals surface area (Å²) in [6.45, 7) is 5.25. The van der Waals surface area contributed by atoms with Gasteiger partial charge in [-0.05, 0) is 75.9 Å². The average Bonchev–Trinajstić information content (AvgIpc) is 3.30. The summed E-state index contributed by atoms with van der Waals surface area (Å²) in [5, 5.41) is 17.8. The van der Waals surface area contributed by atoms with Crippen LogP contribution in [0.4, 0.5) is 0 Å². The zero-order chi connectivity index (χ0) is 33.1. The van der Waals surface area contributed by atoms with Crippen LogP contribution in [0.5, 0.6) is 11.5 Å². The van der Waals surface area contributed by atoms with E-state index in [1.54, 1.807) is 12.5 Å². The van der Waals surface area contributed by atoms with Gasteiger partial charge in [-0.15, -0.1) is 12.4 Å². The quantitative estimate of drug-likeness (QED) is 0.215. The Balaban J connectivity index is 0.000000194. The number of aliphatic imine (C=N–C) groups is 2. The molecule has 256 valence electrons. The predicted molar refractivity (Wildman–Crippen MR) is 186 cm³/mol. The maximum Gasteiger partial charge on any atom is 0.222 e. The number of nitrogens with two attached hydrogens (primary N) is 1. The number of rotatable bonds is 0. The molecule has 5 aliphatic heterocycles. The van der Waals surface area contributed by atoms with Gasteiger partial charge >= 0.3 is 0 Å². The van der Waals surface area contributed by atoms with Crippen LogP contribution < -0.4 is 20.7 Å². The van der Waals surface area contributed by atoms with Crippen LogP contribution in [0.1, 0.15) is 63.5 Å². The highest BCUT2D eigenvalue weighted by Crippen LogP contribution is 2.52. The first kappa shape index (κ1) is 37.3. The number of guanidine groups is 1. The van der Waals surface area contributed by atoms with E-state index in [9.17, 15) is 0 Å². The standard InChI is InChI=1S/C16H20BrN3O3.C15H15BrN2O2.CH5NO.ClH/c1-10-5-6-15(9-21-10)8-16(19-14(18)20(2)23-16)12-7-11(17)3-4-13(12)22-15;1-10-4-5-15(8-19-10)7-13(18-9-17)12-6-11(16)2-3-14(12)20-15;1-2-3;/h3-4,7,10H,5-6,8-9H2,1-2H3,(H2,18,19);2-3,6,10H,4-5,7-8H2,1H3;2-3H,1H3;1H. The summed E-state index contributed by atoms with van der Waals surface area (Å²) in [5.74, 6) is 1.94. The van der Waals surface area contributed by atoms with E-state index < -0.39 is 11.3 Å². The van der Waals surface area contributed by atoms with Crippen molar-refractivity contribution in [1.82, 2.24) is 10.5 Å². The van der Waals surface area contributed by atoms with Gasteiger partial charge in [-0.3, -0.25) is 0 Å². The second-order valence-corrected chi connectivity index (χ2v) is 14.1. The molecule has 15 heteroatoms. The van der Waals surface area contributed by atoms with Crippen LogP contribution in [0.25, 0.3) is 0 Å². The summed E-state index contributed by atoms with van der Waals surface area (Å²) in [6.07, 6.45) is 7.39. The number of hydrogen-bond donors (Lipinski definition) is 3. The number of hydrogen-bond acceptors (Lipinski definition) is 12. The number of nitrogens with one attached hydrogen (secondary N) is 1. The van der Waals surface area contributed by atoms with E-state index in [0.717, 1.165) is 63.0 Å². The van der Waals surface area contributed by atoms with Crippen molar-refractivity contribution < 1.29 is 29.0 Å². The molecular weight excluding hydrogens is 760 g/mol. The summed E-state index contributed by atoms with van der Waals surface area (Å²) in [5.41, 5.74) is 8.66. The summed E-state index contributed by atoms with van der Waals surface area (Å²) in [7, 11) is 3.20. The largest absolute Gasteiger partial charge is 0.484 e. The molecule has 2 aromatic carbocycles. The van der Waals surface area contributed by atoms with Crippen molar-refractivity contribution in [2.75, 3.05) is 27.3 Å². The van der Waals surface area contributed by atoms with Gasteiger partial charge in [-0.25, -0.2) is 20.4 Å². The predicted octanol–water partition coefficient (Wildman–Crippen LogP) is 5.97. The fraction of sp³-hybridized carbons (Fsp3) is 0.531. The van der Waals surface area contributed by atoms with Crippen LogP contribution in [0.15, 0.2) is 55.3 Å². The van der Waals surface area contributed by atoms with E-state index in [1.807, 2.05) is 42.6 Å². The van der Waals surface area contributed by atoms with Gasteiger partial charge in [-0.1, -0.05) is 31.9 Å². The third kappa shape index (κ3) is 8.22. The minimum atomic E-state index is -0.847. The number of benzene rings is 2. The number of fused-ring (bicyclic) bond motifs is 3. The highest BCUT2D eigenvalue weighted by atomic mass is 79.9. The molecule has 7 rings (SSSR count). The van der Waals surface area contributed by atoms with Crippen LogP contribution in [0, 0.1) is 11.5 Å². The van der Waals surface area contributed by atoms with Crippen LogP contribution in [-0.2, 0) is 20.0 Å². The topological polar surface area (TPSA) is 156 Å². The van der Waals surface area contributed by atoms with Crippen molar-refractivity contribution in [1.29, 1.82) is 5.26 Å². The maximum absolute atomic E-state index is 8.92. The van der Waals surface area contributed by atoms with Gasteiger partial charge in [0.1, 0.15) is 22.7 Å². The summed E-state index contributed by atoms with van der Waals surface area (Å²) in [6, 6.07) is 11.7. The van der Waals surface area contributed by atoms with Gasteiger partial charge in [-0.2, -0.15) is 10.3 Å². The molecule has 2 saturated heterocycles. The molecule has 0 bridgehead atoms. The average molecular weight is 801 g/mol. The number of nitriles is 1. The van der Waals surface area contributed by atoms with Gasteiger partial charge in [0, 0.05) is 41.4 Å². The van der Waals surface area contributed by atoms with E-state index >= 15 is 0 Å². The summed E-state index contributed by atoms with van der Waals surface area (Å²) < 4.78 is 26.1. The number of ether oxygens (including phenoxy) is 4. The second kappa shape index (κ2) is 15.4. The summed E-state index contributed by atoms with van der Waals surface area (Å²) in [4.78, 5) is 14.7. The summed E-state index contributed by atoms with van der Waals surface area (Å²) >= 11 is 6.96. The molecule has 2 aromatic rings. The zero-order valence-corrected chi connectivity index (χ0v) is 30.8. The molecule has 2 fully saturated rings. The molecule has 47 heavy (non-hydrogen) atoms. The van der Waals surface area contributed by atoms with Crippen LogP contribution in [0.2, 0.25) is 0 Å². The molecule has 5 unspecified atom stereocenters. The Bertz CT molecular complexity index is 1520. The second-order valence-electron chi connectivity index (χ2n) is 12.3. The molecule has 0 aromatic heterocycles. The molecular formula is C32H41Br2ClN6O6. The van der Waals surface area contributed by atoms with Crippen molar-refractivity contribution in [3.8, 4) is 17.7 Å². The van der Waals surface area contributed by atoms with E-state index in [2.05, 4.69) is 55.7 Å². The minimum absolute atomic E-state index is 0. The van der Waals surface area contributed by atoms with Gasteiger partial charge in [0.15, 0.2) is 0 Å². The number of halogens is 3. The van der Waals surface area contributed by atoms with Crippen LogP contribution in [0.3, 0.4) is 0 Å². The van der Waals surface area contributed by atoms with Gasteiger partial charge in [0.05, 0.1) is 36.7 Å². The van der Waals surface area contributed by atoms with Gasteiger partial charge in [0.2, 0.25) is 17.9 Å². The first-order valence-electron chi connectivity index (χ1n) is 15.2. The Kier molecular flexibility index (Phi) is 12.2. The molecule has 5 aliphatic rings. The van der Waals surface area contributed by atoms with Gasteiger partial charge < -0.3 is 29.9 Å². The van der Waals surface area contributed by atoms with E-state index in [0.29, 0.717) is 32.0 Å². The Morgan fingerprint density at radius 1 is 1.02 bits per heavy atom. The van der Waals surface area contributed by atoms with Crippen LogP contribution in [-0.4, -0.2) is 72.7 Å². The molecule has 0 amide bonds. The monoisotopic (exact) mass is 798 g/mol. The highest BCUT2D eigenvalue weighted by Gasteiger charge is 2.55. The molecule has 12 nitrogen and oxygen atoms in total. The highest BCUT2D eigenvalue weighted by molar-refractivity contribution is 9.10. The van der Waals surface area contributed by atoms with Crippen molar-refractivity contribution in [2.24, 2.45) is 15.7 Å². The van der Waals surface area contributed by atoms with Crippen molar-refractivity contribution in [3.05, 3.63) is 56.5 Å². The Hall–Kier alpha value is -2.48. The first-order chi connectivity index (χ1) is 21.9. The smallest absolute Gasteiger partial charge is 0.222 e. The van der Waals surface area contributed by atoms with Crippen molar-refractivity contribution in [2.45, 2.75) is 81.5 Å². The normalized spacial score (nSPS) is 31.1. The Labute approximate surface area is 298 Å². The van der Waals surface area contributed by atoms with Crippen molar-refractivity contribution in [3.63, 3.8) is 0 Å². The molecule has 3 spiro atoms. The fourth-order valence-corrected chi connectivity index (χ4v) is 7.07. The SMILES string of the molecule is CC1CCC2(CO1)CC(=NC#N)c1cc(Br)ccc1O2.CC1CCC2(CO1)CC1(N=C(N)N(C)O1)c1cc(Br)ccc1O2.CNO.Cl. The lowest BCUT2D eigenvalue weighted by atomic mass is 9.80. The lowest BCUT2D eigenvalue weighted by molar-refractivity contribution is -0.220. The first-order valence-corrected chi connectivity index (χ1v) is 16.8. The van der Waals surface area contributed by atoms with Crippen molar-refractivity contribution >= 4 is 55.9 Å². The Morgan fingerprint density at radius 2 is 1.60 bits per heavy atom. The van der Waals surface area contributed by atoms with E-state index in [4.69, 9.17) is 40.0 Å². The third-order valence-corrected chi connectivity index (χ3v) is 9.67. The fourth-order valence-electron chi connectivity index (χ4n) is 6.35. The maximum atomic E-state index is 8.92. The molecule has 0 aliphatic carbocycles. The third-order valence-electron chi connectivity index (χ3n) is 8.68. The number of nitrogens with zero attached hydrogens (tertiary/aromatic N) is 4.